The van der Waals surface area contributed by atoms with Crippen molar-refractivity contribution in [3.8, 4) is 0 Å². The summed E-state index contributed by atoms with van der Waals surface area (Å²) in [6.07, 6.45) is 0. The van der Waals surface area contributed by atoms with E-state index < -0.39 is 10.0 Å². The maximum atomic E-state index is 10.9. The molecule has 0 radical (unpaired) electrons. The first-order chi connectivity index (χ1) is 6.93. The van der Waals surface area contributed by atoms with Gasteiger partial charge < -0.3 is 10.7 Å². The molecule has 0 amide bonds. The van der Waals surface area contributed by atoms with Gasteiger partial charge in [-0.05, 0) is 36.5 Å². The quantitative estimate of drug-likeness (QED) is 0.318. The van der Waals surface area contributed by atoms with Gasteiger partial charge in [-0.25, -0.2) is 19.4 Å². The Kier molecular flexibility index (Phi) is 3.58. The van der Waals surface area contributed by atoms with E-state index in [0.29, 0.717) is 5.69 Å². The molecule has 6 nitrogen and oxygen atoms in total. The maximum absolute atomic E-state index is 10.9. The molecular formula is C7H10N4O2S2. The van der Waals surface area contributed by atoms with Crippen molar-refractivity contribution in [2.45, 2.75) is 4.90 Å². The number of nitrogens with two attached hydrogens (primary N) is 2. The Balaban J connectivity index is 2.86. The highest BCUT2D eigenvalue weighted by Crippen LogP contribution is 2.12. The molecule has 0 aliphatic heterocycles. The maximum Gasteiger partial charge on any atom is 0.238 e. The van der Waals surface area contributed by atoms with Crippen molar-refractivity contribution in [2.75, 3.05) is 5.32 Å². The first-order valence-electron chi connectivity index (χ1n) is 3.84. The molecular weight excluding hydrogens is 236 g/mol. The van der Waals surface area contributed by atoms with Crippen molar-refractivity contribution in [1.29, 1.82) is 0 Å². The molecule has 0 heterocycles. The molecule has 0 atom stereocenters. The van der Waals surface area contributed by atoms with Crippen molar-refractivity contribution in [3.63, 3.8) is 0 Å². The fraction of sp³-hybridized carbons (Fsp3) is 0. The van der Waals surface area contributed by atoms with Crippen LogP contribution < -0.4 is 21.7 Å². The normalized spacial score (nSPS) is 10.8. The number of rotatable bonds is 2. The van der Waals surface area contributed by atoms with Gasteiger partial charge in [0.15, 0.2) is 5.11 Å². The van der Waals surface area contributed by atoms with Gasteiger partial charge in [0.2, 0.25) is 10.0 Å². The van der Waals surface area contributed by atoms with E-state index in [2.05, 4.69) is 10.7 Å². The average Bonchev–Trinajstić information content (AvgIpc) is 2.17. The van der Waals surface area contributed by atoms with Gasteiger partial charge in [0.05, 0.1) is 4.90 Å². The molecule has 0 aliphatic carbocycles. The number of sulfonamides is 1. The summed E-state index contributed by atoms with van der Waals surface area (Å²) in [4.78, 5) is 0.0414. The highest BCUT2D eigenvalue weighted by atomic mass is 32.2. The highest BCUT2D eigenvalue weighted by Gasteiger charge is 2.06. The van der Waals surface area contributed by atoms with E-state index in [4.69, 9.17) is 23.2 Å². The fourth-order valence-electron chi connectivity index (χ4n) is 0.895. The molecule has 0 unspecified atom stereocenters. The largest absolute Gasteiger partial charge is 0.332 e. The zero-order chi connectivity index (χ0) is 11.5. The van der Waals surface area contributed by atoms with Crippen molar-refractivity contribution in [1.82, 2.24) is 5.43 Å². The van der Waals surface area contributed by atoms with Gasteiger partial charge >= 0.3 is 0 Å². The zero-order valence-corrected chi connectivity index (χ0v) is 9.23. The number of nitrogens with one attached hydrogen (secondary N) is 2. The van der Waals surface area contributed by atoms with Crippen LogP contribution in [0.1, 0.15) is 0 Å². The lowest BCUT2D eigenvalue weighted by Crippen LogP contribution is -2.34. The number of hydrazine groups is 1. The topological polar surface area (TPSA) is 110 Å². The van der Waals surface area contributed by atoms with Crippen molar-refractivity contribution >= 4 is 33.0 Å². The Bertz CT molecular complexity index is 454. The number of benzene rings is 1. The second-order valence-electron chi connectivity index (χ2n) is 2.67. The van der Waals surface area contributed by atoms with Crippen molar-refractivity contribution in [2.24, 2.45) is 11.0 Å². The van der Waals surface area contributed by atoms with Crippen LogP contribution in [-0.2, 0) is 10.0 Å². The summed E-state index contributed by atoms with van der Waals surface area (Å²) in [6.45, 7) is 0. The highest BCUT2D eigenvalue weighted by molar-refractivity contribution is 7.89. The summed E-state index contributed by atoms with van der Waals surface area (Å²) < 4.78 is 21.8. The summed E-state index contributed by atoms with van der Waals surface area (Å²) >= 11 is 4.75. The molecule has 15 heavy (non-hydrogen) atoms. The fourth-order valence-corrected chi connectivity index (χ4v) is 1.53. The van der Waals surface area contributed by atoms with E-state index in [1.54, 1.807) is 0 Å². The lowest BCUT2D eigenvalue weighted by Gasteiger charge is -2.06. The second-order valence-corrected chi connectivity index (χ2v) is 4.64. The van der Waals surface area contributed by atoms with Gasteiger partial charge in [0.25, 0.3) is 0 Å². The Labute approximate surface area is 92.7 Å². The molecule has 1 aromatic rings. The third kappa shape index (κ3) is 3.44. The van der Waals surface area contributed by atoms with E-state index in [1.807, 2.05) is 0 Å². The van der Waals surface area contributed by atoms with Crippen LogP contribution in [0.25, 0.3) is 0 Å². The predicted molar refractivity (Wildman–Crippen MR) is 61.4 cm³/mol. The molecule has 6 N–H and O–H groups in total. The van der Waals surface area contributed by atoms with Crippen LogP contribution in [-0.4, -0.2) is 13.5 Å². The van der Waals surface area contributed by atoms with Crippen LogP contribution in [0.4, 0.5) is 5.69 Å². The summed E-state index contributed by atoms with van der Waals surface area (Å²) in [5.74, 6) is 5.05. The third-order valence-corrected chi connectivity index (χ3v) is 2.72. The standard InChI is InChI=1S/C7H10N4O2S2/c8-11-7(14)10-5-1-3-6(4-2-5)15(9,12)13/h1-4H,8H2,(H2,9,12,13)(H2,10,11,14). The summed E-state index contributed by atoms with van der Waals surface area (Å²) in [5, 5.41) is 7.89. The van der Waals surface area contributed by atoms with Gasteiger partial charge in [0, 0.05) is 5.69 Å². The zero-order valence-electron chi connectivity index (χ0n) is 7.60. The minimum absolute atomic E-state index is 0.0414. The molecule has 0 saturated heterocycles. The van der Waals surface area contributed by atoms with Gasteiger partial charge in [-0.3, -0.25) is 0 Å². The van der Waals surface area contributed by atoms with Crippen LogP contribution in [0.3, 0.4) is 0 Å². The molecule has 0 bridgehead atoms. The molecule has 0 fully saturated rings. The Morgan fingerprint density at radius 2 is 1.80 bits per heavy atom. The average molecular weight is 246 g/mol. The molecule has 82 valence electrons. The van der Waals surface area contributed by atoms with E-state index in [-0.39, 0.29) is 10.0 Å². The number of hydrogen-bond donors (Lipinski definition) is 4. The first kappa shape index (κ1) is 11.9. The molecule has 8 heteroatoms. The van der Waals surface area contributed by atoms with Gasteiger partial charge in [-0.15, -0.1) is 0 Å². The Morgan fingerprint density at radius 1 is 1.27 bits per heavy atom. The summed E-state index contributed by atoms with van der Waals surface area (Å²) in [6, 6.07) is 5.81. The molecule has 1 aromatic carbocycles. The van der Waals surface area contributed by atoms with Crippen LogP contribution >= 0.6 is 12.2 Å². The number of anilines is 1. The third-order valence-electron chi connectivity index (χ3n) is 1.57. The van der Waals surface area contributed by atoms with Crippen molar-refractivity contribution in [3.05, 3.63) is 24.3 Å². The first-order valence-corrected chi connectivity index (χ1v) is 5.79. The van der Waals surface area contributed by atoms with Crippen LogP contribution in [0, 0.1) is 0 Å². The molecule has 0 spiro atoms. The van der Waals surface area contributed by atoms with E-state index in [9.17, 15) is 8.42 Å². The van der Waals surface area contributed by atoms with E-state index in [1.165, 1.54) is 24.3 Å². The van der Waals surface area contributed by atoms with E-state index >= 15 is 0 Å². The number of thiocarbonyl (C=S) groups is 1. The van der Waals surface area contributed by atoms with Gasteiger partial charge in [-0.2, -0.15) is 0 Å². The number of hydrogen-bond acceptors (Lipinski definition) is 4. The minimum Gasteiger partial charge on any atom is -0.332 e. The lowest BCUT2D eigenvalue weighted by molar-refractivity contribution is 0.598. The van der Waals surface area contributed by atoms with Crippen LogP contribution in [0.5, 0.6) is 0 Å². The number of primary sulfonamides is 1. The molecule has 0 aromatic heterocycles. The van der Waals surface area contributed by atoms with Gasteiger partial charge in [-0.1, -0.05) is 0 Å². The predicted octanol–water partition coefficient (Wildman–Crippen LogP) is -0.506. The monoisotopic (exact) mass is 246 g/mol. The van der Waals surface area contributed by atoms with E-state index in [0.717, 1.165) is 0 Å². The SMILES string of the molecule is NNC(=S)Nc1ccc(S(N)(=O)=O)cc1. The summed E-state index contributed by atoms with van der Waals surface area (Å²) in [7, 11) is -3.65. The molecule has 0 aliphatic rings. The second kappa shape index (κ2) is 4.53. The Morgan fingerprint density at radius 3 is 2.20 bits per heavy atom. The molecule has 1 rings (SSSR count). The minimum atomic E-state index is -3.65. The Hall–Kier alpha value is -1.22. The lowest BCUT2D eigenvalue weighted by atomic mass is 10.3. The van der Waals surface area contributed by atoms with Crippen molar-refractivity contribution < 1.29 is 8.42 Å². The molecule has 0 saturated carbocycles. The van der Waals surface area contributed by atoms with Crippen LogP contribution in [0.2, 0.25) is 0 Å². The smallest absolute Gasteiger partial charge is 0.238 e. The van der Waals surface area contributed by atoms with Crippen LogP contribution in [0.15, 0.2) is 29.2 Å². The van der Waals surface area contributed by atoms with Gasteiger partial charge in [0.1, 0.15) is 0 Å². The summed E-state index contributed by atoms with van der Waals surface area (Å²) in [5.41, 5.74) is 2.85.